The lowest BCUT2D eigenvalue weighted by Crippen LogP contribution is -2.25. The molecule has 0 radical (unpaired) electrons. The normalized spacial score (nSPS) is 10.7. The molecule has 0 aliphatic rings. The molecule has 0 heterocycles. The zero-order chi connectivity index (χ0) is 16.8. The summed E-state index contributed by atoms with van der Waals surface area (Å²) in [6, 6.07) is 10.1. The van der Waals surface area contributed by atoms with E-state index >= 15 is 0 Å². The van der Waals surface area contributed by atoms with E-state index in [1.807, 2.05) is 0 Å². The minimum atomic E-state index is -2.94. The highest BCUT2D eigenvalue weighted by Gasteiger charge is 2.11. The van der Waals surface area contributed by atoms with Gasteiger partial charge in [0.05, 0.1) is 6.42 Å². The summed E-state index contributed by atoms with van der Waals surface area (Å²) in [5.74, 6) is -0.679. The minimum absolute atomic E-state index is 0.00489. The Balaban J connectivity index is 1.98. The highest BCUT2D eigenvalue weighted by molar-refractivity contribution is 9.10. The van der Waals surface area contributed by atoms with Crippen LogP contribution in [0, 0.1) is 5.82 Å². The van der Waals surface area contributed by atoms with Gasteiger partial charge >= 0.3 is 6.61 Å². The number of hydrogen-bond donors (Lipinski definition) is 1. The Bertz CT molecular complexity index is 678. The number of hydrogen-bond acceptors (Lipinski definition) is 2. The molecule has 0 atom stereocenters. The summed E-state index contributed by atoms with van der Waals surface area (Å²) < 4.78 is 42.6. The summed E-state index contributed by atoms with van der Waals surface area (Å²) in [5, 5.41) is 2.62. The highest BCUT2D eigenvalue weighted by Crippen LogP contribution is 2.24. The Morgan fingerprint density at radius 3 is 2.52 bits per heavy atom. The lowest BCUT2D eigenvalue weighted by atomic mass is 10.1. The molecule has 0 saturated carbocycles. The molecule has 2 aromatic carbocycles. The molecule has 1 N–H and O–H groups in total. The van der Waals surface area contributed by atoms with Crippen molar-refractivity contribution in [2.24, 2.45) is 0 Å². The van der Waals surface area contributed by atoms with Gasteiger partial charge in [-0.3, -0.25) is 4.79 Å². The molecule has 23 heavy (non-hydrogen) atoms. The molecule has 1 amide bonds. The molecule has 2 rings (SSSR count). The number of nitrogens with one attached hydrogen (secondary N) is 1. The van der Waals surface area contributed by atoms with Crippen molar-refractivity contribution in [2.45, 2.75) is 19.6 Å². The number of alkyl halides is 2. The summed E-state index contributed by atoms with van der Waals surface area (Å²) in [7, 11) is 0. The van der Waals surface area contributed by atoms with Crippen molar-refractivity contribution in [3.63, 3.8) is 0 Å². The van der Waals surface area contributed by atoms with Crippen LogP contribution in [0.3, 0.4) is 0 Å². The second-order valence-corrected chi connectivity index (χ2v) is 5.63. The zero-order valence-corrected chi connectivity index (χ0v) is 13.4. The summed E-state index contributed by atoms with van der Waals surface area (Å²) in [5.41, 5.74) is 1.08. The van der Waals surface area contributed by atoms with Crippen LogP contribution in [0.15, 0.2) is 46.9 Å². The number of amides is 1. The monoisotopic (exact) mass is 387 g/mol. The van der Waals surface area contributed by atoms with E-state index < -0.39 is 6.61 Å². The van der Waals surface area contributed by atoms with Gasteiger partial charge in [-0.05, 0) is 35.9 Å². The molecule has 0 bridgehead atoms. The smallest absolute Gasteiger partial charge is 0.387 e. The van der Waals surface area contributed by atoms with Crippen LogP contribution in [-0.2, 0) is 17.8 Å². The number of carbonyl (C=O) groups is 1. The molecule has 2 aromatic rings. The first-order chi connectivity index (χ1) is 10.9. The quantitative estimate of drug-likeness (QED) is 0.811. The summed E-state index contributed by atoms with van der Waals surface area (Å²) >= 11 is 3.24. The zero-order valence-electron chi connectivity index (χ0n) is 11.9. The lowest BCUT2D eigenvalue weighted by Gasteiger charge is -2.12. The first-order valence-corrected chi connectivity index (χ1v) is 7.47. The fraction of sp³-hybridized carbons (Fsp3) is 0.188. The Hall–Kier alpha value is -2.02. The van der Waals surface area contributed by atoms with Crippen molar-refractivity contribution in [2.75, 3.05) is 0 Å². The fourth-order valence-electron chi connectivity index (χ4n) is 1.94. The summed E-state index contributed by atoms with van der Waals surface area (Å²) in [4.78, 5) is 11.9. The van der Waals surface area contributed by atoms with E-state index in [0.29, 0.717) is 15.6 Å². The number of halogens is 4. The van der Waals surface area contributed by atoms with E-state index in [1.165, 1.54) is 30.3 Å². The van der Waals surface area contributed by atoms with Crippen molar-refractivity contribution in [3.8, 4) is 5.75 Å². The molecule has 3 nitrogen and oxygen atoms in total. The van der Waals surface area contributed by atoms with Crippen molar-refractivity contribution >= 4 is 21.8 Å². The maximum Gasteiger partial charge on any atom is 0.387 e. The van der Waals surface area contributed by atoms with Gasteiger partial charge in [-0.15, -0.1) is 0 Å². The maximum atomic E-state index is 12.8. The van der Waals surface area contributed by atoms with E-state index in [0.717, 1.165) is 0 Å². The topological polar surface area (TPSA) is 38.3 Å². The molecular formula is C16H13BrF3NO2. The van der Waals surface area contributed by atoms with E-state index in [1.54, 1.807) is 12.1 Å². The number of benzene rings is 2. The standard InChI is InChI=1S/C16H13BrF3NO2/c17-12-3-6-14(23-16(19)20)11(8-12)9-21-15(22)7-10-1-4-13(18)5-2-10/h1-6,8,16H,7,9H2,(H,21,22). The van der Waals surface area contributed by atoms with Crippen molar-refractivity contribution in [1.29, 1.82) is 0 Å². The first kappa shape index (κ1) is 17.3. The third-order valence-corrected chi connectivity index (χ3v) is 3.49. The molecule has 0 aliphatic heterocycles. The van der Waals surface area contributed by atoms with E-state index in [-0.39, 0.29) is 30.4 Å². The molecule has 0 saturated heterocycles. The van der Waals surface area contributed by atoms with Crippen LogP contribution < -0.4 is 10.1 Å². The van der Waals surface area contributed by atoms with Crippen LogP contribution in [0.25, 0.3) is 0 Å². The molecule has 0 spiro atoms. The fourth-order valence-corrected chi connectivity index (χ4v) is 2.35. The average molecular weight is 388 g/mol. The van der Waals surface area contributed by atoms with E-state index in [4.69, 9.17) is 0 Å². The molecule has 7 heteroatoms. The van der Waals surface area contributed by atoms with Gasteiger partial charge in [-0.1, -0.05) is 28.1 Å². The van der Waals surface area contributed by atoms with Crippen molar-refractivity contribution in [3.05, 3.63) is 63.9 Å². The SMILES string of the molecule is O=C(Cc1ccc(F)cc1)NCc1cc(Br)ccc1OC(F)F. The predicted octanol–water partition coefficient (Wildman–Crippen LogP) is 4.05. The Morgan fingerprint density at radius 1 is 1.17 bits per heavy atom. The predicted molar refractivity (Wildman–Crippen MR) is 82.7 cm³/mol. The van der Waals surface area contributed by atoms with Crippen LogP contribution >= 0.6 is 15.9 Å². The van der Waals surface area contributed by atoms with Crippen molar-refractivity contribution < 1.29 is 22.7 Å². The number of rotatable bonds is 6. The summed E-state index contributed by atoms with van der Waals surface area (Å²) in [6.45, 7) is -2.90. The largest absolute Gasteiger partial charge is 0.434 e. The second-order valence-electron chi connectivity index (χ2n) is 4.71. The highest BCUT2D eigenvalue weighted by atomic mass is 79.9. The molecule has 0 fully saturated rings. The van der Waals surface area contributed by atoms with Gasteiger partial charge in [0.15, 0.2) is 0 Å². The first-order valence-electron chi connectivity index (χ1n) is 6.68. The van der Waals surface area contributed by atoms with Crippen LogP contribution in [-0.4, -0.2) is 12.5 Å². The Morgan fingerprint density at radius 2 is 1.87 bits per heavy atom. The minimum Gasteiger partial charge on any atom is -0.434 e. The van der Waals surface area contributed by atoms with Gasteiger partial charge in [0.2, 0.25) is 5.91 Å². The second kappa shape index (κ2) is 8.01. The van der Waals surface area contributed by atoms with Gasteiger partial charge in [0.1, 0.15) is 11.6 Å². The Kier molecular flexibility index (Phi) is 6.04. The van der Waals surface area contributed by atoms with Crippen molar-refractivity contribution in [1.82, 2.24) is 5.32 Å². The maximum absolute atomic E-state index is 12.8. The van der Waals surface area contributed by atoms with E-state index in [9.17, 15) is 18.0 Å². The van der Waals surface area contributed by atoms with E-state index in [2.05, 4.69) is 26.0 Å². The summed E-state index contributed by atoms with van der Waals surface area (Å²) in [6.07, 6.45) is 0.0688. The lowest BCUT2D eigenvalue weighted by molar-refractivity contribution is -0.120. The van der Waals surface area contributed by atoms with Crippen LogP contribution in [0.2, 0.25) is 0 Å². The van der Waals surface area contributed by atoms with Gasteiger partial charge < -0.3 is 10.1 Å². The number of ether oxygens (including phenoxy) is 1. The third kappa shape index (κ3) is 5.59. The molecule has 0 aliphatic carbocycles. The molecule has 0 unspecified atom stereocenters. The van der Waals surface area contributed by atoms with Gasteiger partial charge in [-0.2, -0.15) is 8.78 Å². The Labute approximate surface area is 139 Å². The molecular weight excluding hydrogens is 375 g/mol. The average Bonchev–Trinajstić information content (AvgIpc) is 2.49. The molecule has 0 aromatic heterocycles. The number of carbonyl (C=O) groups excluding carboxylic acids is 1. The van der Waals surface area contributed by atoms with Crippen LogP contribution in [0.5, 0.6) is 5.75 Å². The van der Waals surface area contributed by atoms with Crippen LogP contribution in [0.4, 0.5) is 13.2 Å². The van der Waals surface area contributed by atoms with Gasteiger partial charge in [0.25, 0.3) is 0 Å². The van der Waals surface area contributed by atoms with Gasteiger partial charge in [0, 0.05) is 16.6 Å². The molecule has 122 valence electrons. The van der Waals surface area contributed by atoms with Gasteiger partial charge in [-0.25, -0.2) is 4.39 Å². The third-order valence-electron chi connectivity index (χ3n) is 2.99. The van der Waals surface area contributed by atoms with Crippen LogP contribution in [0.1, 0.15) is 11.1 Å².